The molecule has 0 aromatic heterocycles. The number of esters is 2. The topological polar surface area (TPSA) is 71.1 Å². The van der Waals surface area contributed by atoms with Crippen molar-refractivity contribution in [3.05, 3.63) is 48.0 Å². The minimum absolute atomic E-state index is 0.0713. The van der Waals surface area contributed by atoms with Gasteiger partial charge in [0.25, 0.3) is 0 Å². The molecule has 1 aliphatic heterocycles. The summed E-state index contributed by atoms with van der Waals surface area (Å²) in [4.78, 5) is 24.8. The summed E-state index contributed by atoms with van der Waals surface area (Å²) in [6, 6.07) is 9.67. The zero-order valence-corrected chi connectivity index (χ0v) is 14.8. The van der Waals surface area contributed by atoms with Crippen LogP contribution in [0.5, 0.6) is 0 Å². The number of benzene rings is 1. The summed E-state index contributed by atoms with van der Waals surface area (Å²) in [5.74, 6) is 0.264. The first-order valence-electron chi connectivity index (χ1n) is 8.14. The lowest BCUT2D eigenvalue weighted by molar-refractivity contribution is -0.180. The van der Waals surface area contributed by atoms with E-state index in [0.717, 1.165) is 5.56 Å². The van der Waals surface area contributed by atoms with Crippen molar-refractivity contribution in [1.29, 1.82) is 0 Å². The minimum Gasteiger partial charge on any atom is -0.468 e. The smallest absolute Gasteiger partial charge is 0.324 e. The van der Waals surface area contributed by atoms with Gasteiger partial charge in [-0.05, 0) is 11.6 Å². The lowest BCUT2D eigenvalue weighted by atomic mass is 9.72. The van der Waals surface area contributed by atoms with Crippen LogP contribution in [0.4, 0.5) is 0 Å². The molecule has 2 atom stereocenters. The van der Waals surface area contributed by atoms with Crippen LogP contribution < -0.4 is 0 Å². The maximum Gasteiger partial charge on any atom is 0.324 e. The molecule has 1 aromatic rings. The van der Waals surface area contributed by atoms with Crippen LogP contribution in [0.3, 0.4) is 0 Å². The molecule has 0 spiro atoms. The molecule has 1 aromatic carbocycles. The Labute approximate surface area is 153 Å². The zero-order valence-electron chi connectivity index (χ0n) is 14.8. The fourth-order valence-electron chi connectivity index (χ4n) is 2.88. The number of ether oxygens (including phenoxy) is 4. The van der Waals surface area contributed by atoms with Crippen LogP contribution in [-0.4, -0.2) is 39.1 Å². The summed E-state index contributed by atoms with van der Waals surface area (Å²) in [6.07, 6.45) is 8.02. The Morgan fingerprint density at radius 1 is 1.19 bits per heavy atom. The second kappa shape index (κ2) is 9.18. The highest BCUT2D eigenvalue weighted by atomic mass is 16.7. The lowest BCUT2D eigenvalue weighted by Gasteiger charge is -2.35. The molecule has 1 heterocycles. The van der Waals surface area contributed by atoms with Crippen molar-refractivity contribution < 1.29 is 28.5 Å². The minimum atomic E-state index is -1.64. The molecule has 26 heavy (non-hydrogen) atoms. The molecule has 0 aliphatic carbocycles. The molecule has 0 amide bonds. The van der Waals surface area contributed by atoms with Gasteiger partial charge in [0.1, 0.15) is 0 Å². The van der Waals surface area contributed by atoms with Crippen molar-refractivity contribution in [3.8, 4) is 12.3 Å². The van der Waals surface area contributed by atoms with Gasteiger partial charge in [-0.1, -0.05) is 36.4 Å². The first-order valence-corrected chi connectivity index (χ1v) is 8.14. The number of rotatable bonds is 7. The molecule has 0 unspecified atom stereocenters. The molecule has 0 fully saturated rings. The van der Waals surface area contributed by atoms with E-state index in [1.165, 1.54) is 14.2 Å². The number of hydrogen-bond acceptors (Lipinski definition) is 6. The summed E-state index contributed by atoms with van der Waals surface area (Å²) in [7, 11) is 2.41. The molecule has 2 rings (SSSR count). The third kappa shape index (κ3) is 4.13. The van der Waals surface area contributed by atoms with Gasteiger partial charge < -0.3 is 18.9 Å². The van der Waals surface area contributed by atoms with Crippen LogP contribution in [-0.2, 0) is 35.1 Å². The van der Waals surface area contributed by atoms with E-state index in [1.807, 2.05) is 30.3 Å². The van der Waals surface area contributed by atoms with Gasteiger partial charge in [-0.2, -0.15) is 0 Å². The maximum atomic E-state index is 12.4. The highest BCUT2D eigenvalue weighted by Crippen LogP contribution is 2.38. The fourth-order valence-corrected chi connectivity index (χ4v) is 2.88. The standard InChI is InChI=1S/C20H22O6/c1-4-12-20(18(21)23-2,19(22)24-3)16-10-11-17(26-14-16)25-13-15-8-6-5-7-9-15/h1,5-11,16-17H,12-14H2,2-3H3/t16-,17-/m0/s1. The van der Waals surface area contributed by atoms with Crippen LogP contribution in [0, 0.1) is 23.7 Å². The predicted octanol–water partition coefficient (Wildman–Crippen LogP) is 2.09. The second-order valence-electron chi connectivity index (χ2n) is 5.83. The molecule has 6 nitrogen and oxygen atoms in total. The van der Waals surface area contributed by atoms with Gasteiger partial charge in [0, 0.05) is 12.3 Å². The maximum absolute atomic E-state index is 12.4. The molecule has 0 saturated heterocycles. The second-order valence-corrected chi connectivity index (χ2v) is 5.83. The zero-order chi connectivity index (χ0) is 19.0. The largest absolute Gasteiger partial charge is 0.468 e. The van der Waals surface area contributed by atoms with E-state index in [-0.39, 0.29) is 13.0 Å². The van der Waals surface area contributed by atoms with Gasteiger partial charge in [0.2, 0.25) is 0 Å². The van der Waals surface area contributed by atoms with Crippen LogP contribution >= 0.6 is 0 Å². The van der Waals surface area contributed by atoms with Crippen molar-refractivity contribution in [2.24, 2.45) is 11.3 Å². The highest BCUT2D eigenvalue weighted by Gasteiger charge is 2.54. The third-order valence-electron chi connectivity index (χ3n) is 4.31. The third-order valence-corrected chi connectivity index (χ3v) is 4.31. The van der Waals surface area contributed by atoms with E-state index in [2.05, 4.69) is 5.92 Å². The lowest BCUT2D eigenvalue weighted by Crippen LogP contribution is -2.49. The summed E-state index contributed by atoms with van der Waals surface area (Å²) >= 11 is 0. The van der Waals surface area contributed by atoms with E-state index in [0.29, 0.717) is 6.61 Å². The predicted molar refractivity (Wildman–Crippen MR) is 93.5 cm³/mol. The Morgan fingerprint density at radius 2 is 1.85 bits per heavy atom. The average molecular weight is 358 g/mol. The summed E-state index contributed by atoms with van der Waals surface area (Å²) < 4.78 is 21.0. The highest BCUT2D eigenvalue weighted by molar-refractivity contribution is 6.01. The van der Waals surface area contributed by atoms with Crippen LogP contribution in [0.2, 0.25) is 0 Å². The first kappa shape index (κ1) is 19.7. The SMILES string of the molecule is C#CCC(C(=O)OC)(C(=O)OC)[C@H]1C=C[C@@H](OCc2ccccc2)OC1. The van der Waals surface area contributed by atoms with Gasteiger partial charge in [-0.25, -0.2) is 0 Å². The van der Waals surface area contributed by atoms with Crippen molar-refractivity contribution in [2.45, 2.75) is 19.3 Å². The fraction of sp³-hybridized carbons (Fsp3) is 0.400. The van der Waals surface area contributed by atoms with E-state index < -0.39 is 29.6 Å². The molecular weight excluding hydrogens is 336 g/mol. The average Bonchev–Trinajstić information content (AvgIpc) is 2.70. The number of methoxy groups -OCH3 is 2. The van der Waals surface area contributed by atoms with Crippen LogP contribution in [0.15, 0.2) is 42.5 Å². The van der Waals surface area contributed by atoms with Crippen LogP contribution in [0.1, 0.15) is 12.0 Å². The van der Waals surface area contributed by atoms with Crippen molar-refractivity contribution in [1.82, 2.24) is 0 Å². The van der Waals surface area contributed by atoms with Crippen LogP contribution in [0.25, 0.3) is 0 Å². The Morgan fingerprint density at radius 3 is 2.35 bits per heavy atom. The number of carbonyl (C=O) groups is 2. The van der Waals surface area contributed by atoms with E-state index in [1.54, 1.807) is 12.2 Å². The van der Waals surface area contributed by atoms with E-state index in [4.69, 9.17) is 25.4 Å². The first-order chi connectivity index (χ1) is 12.6. The monoisotopic (exact) mass is 358 g/mol. The molecular formula is C20H22O6. The number of carbonyl (C=O) groups excluding carboxylic acids is 2. The normalized spacial score (nSPS) is 19.4. The van der Waals surface area contributed by atoms with Crippen molar-refractivity contribution >= 4 is 11.9 Å². The van der Waals surface area contributed by atoms with Gasteiger partial charge >= 0.3 is 11.9 Å². The van der Waals surface area contributed by atoms with E-state index >= 15 is 0 Å². The van der Waals surface area contributed by atoms with Crippen molar-refractivity contribution in [2.75, 3.05) is 20.8 Å². The molecule has 0 bridgehead atoms. The molecule has 1 aliphatic rings. The van der Waals surface area contributed by atoms with Gasteiger partial charge in [0.15, 0.2) is 11.7 Å². The summed E-state index contributed by atoms with van der Waals surface area (Å²) in [6.45, 7) is 0.450. The molecule has 0 radical (unpaired) electrons. The molecule has 138 valence electrons. The Kier molecular flexibility index (Phi) is 6.96. The Hall–Kier alpha value is -2.62. The number of terminal acetylenes is 1. The molecule has 6 heteroatoms. The van der Waals surface area contributed by atoms with Gasteiger partial charge in [-0.3, -0.25) is 9.59 Å². The quantitative estimate of drug-likeness (QED) is 0.322. The molecule has 0 saturated carbocycles. The van der Waals surface area contributed by atoms with Crippen molar-refractivity contribution in [3.63, 3.8) is 0 Å². The summed E-state index contributed by atoms with van der Waals surface area (Å²) in [5, 5.41) is 0. The Balaban J connectivity index is 2.13. The van der Waals surface area contributed by atoms with Gasteiger partial charge in [-0.15, -0.1) is 12.3 Å². The molecule has 0 N–H and O–H groups in total. The Bertz CT molecular complexity index is 672. The van der Waals surface area contributed by atoms with Gasteiger partial charge in [0.05, 0.1) is 27.4 Å². The van der Waals surface area contributed by atoms with E-state index in [9.17, 15) is 9.59 Å². The number of hydrogen-bond donors (Lipinski definition) is 0. The summed E-state index contributed by atoms with van der Waals surface area (Å²) in [5.41, 5.74) is -0.628.